The number of aromatic nitrogens is 2. The first-order chi connectivity index (χ1) is 14.2. The molecule has 1 amide bonds. The van der Waals surface area contributed by atoms with Gasteiger partial charge in [-0.1, -0.05) is 59.9 Å². The Morgan fingerprint density at radius 1 is 1.03 bits per heavy atom. The highest BCUT2D eigenvalue weighted by Crippen LogP contribution is 2.31. The average molecular weight is 420 g/mol. The van der Waals surface area contributed by atoms with Gasteiger partial charge in [0.15, 0.2) is 5.13 Å². The molecule has 2 aromatic carbocycles. The van der Waals surface area contributed by atoms with Gasteiger partial charge in [0, 0.05) is 11.9 Å². The Morgan fingerprint density at radius 3 is 2.62 bits per heavy atom. The summed E-state index contributed by atoms with van der Waals surface area (Å²) in [5.74, 6) is 1.26. The normalized spacial score (nSPS) is 10.9. The number of nitrogens with zero attached hydrogens (tertiary/aromatic N) is 3. The number of para-hydroxylation sites is 1. The van der Waals surface area contributed by atoms with Crippen LogP contribution in [0.15, 0.2) is 72.9 Å². The lowest BCUT2D eigenvalue weighted by Gasteiger charge is -2.19. The molecule has 0 aliphatic rings. The van der Waals surface area contributed by atoms with E-state index in [9.17, 15) is 4.79 Å². The molecule has 0 aliphatic carbocycles. The summed E-state index contributed by atoms with van der Waals surface area (Å²) >= 11 is 3.18. The molecule has 0 unspecified atom stereocenters. The van der Waals surface area contributed by atoms with Crippen molar-refractivity contribution >= 4 is 44.4 Å². The Balaban J connectivity index is 1.55. The smallest absolute Gasteiger partial charge is 0.239 e. The highest BCUT2D eigenvalue weighted by Gasteiger charge is 2.21. The molecular weight excluding hydrogens is 398 g/mol. The van der Waals surface area contributed by atoms with Crippen molar-refractivity contribution in [2.45, 2.75) is 19.2 Å². The zero-order chi connectivity index (χ0) is 20.1. The lowest BCUT2D eigenvalue weighted by atomic mass is 10.2. The lowest BCUT2D eigenvalue weighted by molar-refractivity contribution is -0.116. The lowest BCUT2D eigenvalue weighted by Crippen LogP contribution is -2.32. The number of amides is 1. The predicted molar refractivity (Wildman–Crippen MR) is 122 cm³/mol. The number of carbonyl (C=O) groups excluding carboxylic acids is 1. The molecule has 0 saturated carbocycles. The first kappa shape index (κ1) is 19.6. The fourth-order valence-corrected chi connectivity index (χ4v) is 4.94. The molecule has 2 heterocycles. The van der Waals surface area contributed by atoms with E-state index in [0.29, 0.717) is 12.3 Å². The third-order valence-electron chi connectivity index (χ3n) is 4.52. The van der Waals surface area contributed by atoms with Gasteiger partial charge in [-0.25, -0.2) is 4.98 Å². The van der Waals surface area contributed by atoms with Gasteiger partial charge in [-0.2, -0.15) is 0 Å². The van der Waals surface area contributed by atoms with Crippen LogP contribution in [0.25, 0.3) is 10.2 Å². The van der Waals surface area contributed by atoms with Gasteiger partial charge in [-0.3, -0.25) is 14.7 Å². The van der Waals surface area contributed by atoms with Crippen molar-refractivity contribution in [3.8, 4) is 0 Å². The number of hydrogen-bond donors (Lipinski definition) is 0. The van der Waals surface area contributed by atoms with Crippen LogP contribution in [-0.4, -0.2) is 21.6 Å². The van der Waals surface area contributed by atoms with E-state index in [0.717, 1.165) is 32.4 Å². The summed E-state index contributed by atoms with van der Waals surface area (Å²) in [6.45, 7) is 2.47. The first-order valence-electron chi connectivity index (χ1n) is 9.39. The van der Waals surface area contributed by atoms with Gasteiger partial charge in [-0.05, 0) is 36.2 Å². The van der Waals surface area contributed by atoms with E-state index in [1.807, 2.05) is 55.5 Å². The molecule has 0 bridgehead atoms. The molecule has 0 aliphatic heterocycles. The van der Waals surface area contributed by atoms with E-state index < -0.39 is 0 Å². The largest absolute Gasteiger partial charge is 0.281 e. The number of pyridine rings is 1. The Kier molecular flexibility index (Phi) is 6.22. The quantitative estimate of drug-likeness (QED) is 0.399. The number of rotatable bonds is 7. The topological polar surface area (TPSA) is 46.1 Å². The minimum absolute atomic E-state index is 0.0493. The Hall–Kier alpha value is -2.70. The summed E-state index contributed by atoms with van der Waals surface area (Å²) in [4.78, 5) is 24.1. The third kappa shape index (κ3) is 4.83. The fraction of sp³-hybridized carbons (Fsp3) is 0.174. The van der Waals surface area contributed by atoms with E-state index in [-0.39, 0.29) is 5.91 Å². The molecule has 29 heavy (non-hydrogen) atoms. The SMILES string of the molecule is Cc1cccc2sc(N(Cc3ccccn3)C(=O)CSCc3ccccc3)nc12. The zero-order valence-corrected chi connectivity index (χ0v) is 17.7. The summed E-state index contributed by atoms with van der Waals surface area (Å²) in [6, 6.07) is 22.1. The third-order valence-corrected chi connectivity index (χ3v) is 6.56. The van der Waals surface area contributed by atoms with E-state index >= 15 is 0 Å². The van der Waals surface area contributed by atoms with Crippen LogP contribution >= 0.6 is 23.1 Å². The Bertz CT molecular complexity index is 1100. The summed E-state index contributed by atoms with van der Waals surface area (Å²) < 4.78 is 1.09. The van der Waals surface area contributed by atoms with Crippen LogP contribution < -0.4 is 4.90 Å². The molecule has 0 radical (unpaired) electrons. The van der Waals surface area contributed by atoms with Crippen LogP contribution in [0.2, 0.25) is 0 Å². The molecule has 0 saturated heterocycles. The minimum Gasteiger partial charge on any atom is -0.281 e. The number of carbonyl (C=O) groups is 1. The number of thioether (sulfide) groups is 1. The zero-order valence-electron chi connectivity index (χ0n) is 16.1. The van der Waals surface area contributed by atoms with Gasteiger partial charge in [0.1, 0.15) is 0 Å². The molecule has 0 spiro atoms. The van der Waals surface area contributed by atoms with Crippen LogP contribution in [0.5, 0.6) is 0 Å². The monoisotopic (exact) mass is 419 g/mol. The second-order valence-corrected chi connectivity index (χ2v) is 8.69. The van der Waals surface area contributed by atoms with Gasteiger partial charge >= 0.3 is 0 Å². The van der Waals surface area contributed by atoms with Crippen molar-refractivity contribution in [3.63, 3.8) is 0 Å². The van der Waals surface area contributed by atoms with Crippen LogP contribution in [0.4, 0.5) is 5.13 Å². The van der Waals surface area contributed by atoms with E-state index in [1.165, 1.54) is 5.56 Å². The summed E-state index contributed by atoms with van der Waals surface area (Å²) in [7, 11) is 0. The number of aryl methyl sites for hydroxylation is 1. The van der Waals surface area contributed by atoms with Crippen LogP contribution in [0.1, 0.15) is 16.8 Å². The molecular formula is C23H21N3OS2. The van der Waals surface area contributed by atoms with Crippen molar-refractivity contribution < 1.29 is 4.79 Å². The molecule has 0 fully saturated rings. The molecule has 4 aromatic rings. The highest BCUT2D eigenvalue weighted by molar-refractivity contribution is 7.99. The van der Waals surface area contributed by atoms with Crippen LogP contribution in [0.3, 0.4) is 0 Å². The van der Waals surface area contributed by atoms with Crippen molar-refractivity contribution in [1.82, 2.24) is 9.97 Å². The maximum absolute atomic E-state index is 13.1. The van der Waals surface area contributed by atoms with Crippen molar-refractivity contribution in [2.24, 2.45) is 0 Å². The summed E-state index contributed by atoms with van der Waals surface area (Å²) in [5.41, 5.74) is 4.15. The van der Waals surface area contributed by atoms with Gasteiger partial charge in [0.05, 0.1) is 28.2 Å². The summed E-state index contributed by atoms with van der Waals surface area (Å²) in [5, 5.41) is 0.727. The molecule has 146 valence electrons. The van der Waals surface area contributed by atoms with E-state index in [1.54, 1.807) is 34.2 Å². The van der Waals surface area contributed by atoms with E-state index in [4.69, 9.17) is 4.98 Å². The number of fused-ring (bicyclic) bond motifs is 1. The maximum atomic E-state index is 13.1. The molecule has 4 nitrogen and oxygen atoms in total. The number of hydrogen-bond acceptors (Lipinski definition) is 5. The molecule has 6 heteroatoms. The standard InChI is InChI=1S/C23H21N3OS2/c1-17-8-7-12-20-22(17)25-23(29-20)26(14-19-11-5-6-13-24-19)21(27)16-28-15-18-9-3-2-4-10-18/h2-13H,14-16H2,1H3. The highest BCUT2D eigenvalue weighted by atomic mass is 32.2. The Morgan fingerprint density at radius 2 is 1.86 bits per heavy atom. The molecule has 4 rings (SSSR count). The van der Waals surface area contributed by atoms with Gasteiger partial charge in [-0.15, -0.1) is 11.8 Å². The van der Waals surface area contributed by atoms with Crippen LogP contribution in [-0.2, 0) is 17.1 Å². The predicted octanol–water partition coefficient (Wildman–Crippen LogP) is 5.47. The fourth-order valence-electron chi connectivity index (χ4n) is 3.01. The van der Waals surface area contributed by atoms with Gasteiger partial charge < -0.3 is 0 Å². The van der Waals surface area contributed by atoms with Crippen LogP contribution in [0, 0.1) is 6.92 Å². The second-order valence-electron chi connectivity index (χ2n) is 6.70. The minimum atomic E-state index is 0.0493. The first-order valence-corrected chi connectivity index (χ1v) is 11.4. The number of benzene rings is 2. The second kappa shape index (κ2) is 9.20. The maximum Gasteiger partial charge on any atom is 0.239 e. The molecule has 2 aromatic heterocycles. The number of thiazole rings is 1. The van der Waals surface area contributed by atoms with Crippen molar-refractivity contribution in [2.75, 3.05) is 10.7 Å². The summed E-state index contributed by atoms with van der Waals surface area (Å²) in [6.07, 6.45) is 1.75. The Labute approximate surface area is 178 Å². The average Bonchev–Trinajstić information content (AvgIpc) is 3.19. The van der Waals surface area contributed by atoms with Gasteiger partial charge in [0.2, 0.25) is 5.91 Å². The van der Waals surface area contributed by atoms with Gasteiger partial charge in [0.25, 0.3) is 0 Å². The number of anilines is 1. The van der Waals surface area contributed by atoms with Crippen molar-refractivity contribution in [1.29, 1.82) is 0 Å². The molecule has 0 atom stereocenters. The van der Waals surface area contributed by atoms with Crippen molar-refractivity contribution in [3.05, 3.63) is 89.7 Å². The van der Waals surface area contributed by atoms with E-state index in [2.05, 4.69) is 23.2 Å². The molecule has 0 N–H and O–H groups in total.